The standard InChI is InChI=1S/C16H20Cl2N4S.HI/c1-4-15-22-12(9-23-15)8-20-16(19-3)21-10(2)13-6-5-11(17)7-14(13)18;/h5-7,9-10H,4,8H2,1-3H3,(H2,19,20,21);1H. The largest absolute Gasteiger partial charge is 0.351 e. The van der Waals surface area contributed by atoms with Gasteiger partial charge in [-0.25, -0.2) is 4.98 Å². The Bertz CT molecular complexity index is 690. The quantitative estimate of drug-likeness (QED) is 0.344. The molecule has 0 amide bonds. The highest BCUT2D eigenvalue weighted by Gasteiger charge is 2.12. The van der Waals surface area contributed by atoms with Crippen molar-refractivity contribution in [1.29, 1.82) is 0 Å². The molecule has 2 N–H and O–H groups in total. The first kappa shape index (κ1) is 21.5. The number of thiazole rings is 1. The predicted octanol–water partition coefficient (Wildman–Crippen LogP) is 5.06. The van der Waals surface area contributed by atoms with Crippen LogP contribution in [0, 0.1) is 0 Å². The molecule has 1 aromatic heterocycles. The number of aliphatic imine (C=N–C) groups is 1. The molecule has 0 bridgehead atoms. The van der Waals surface area contributed by atoms with E-state index in [0.29, 0.717) is 22.5 Å². The Labute approximate surface area is 174 Å². The summed E-state index contributed by atoms with van der Waals surface area (Å²) in [7, 11) is 1.74. The van der Waals surface area contributed by atoms with Crippen LogP contribution < -0.4 is 10.6 Å². The molecule has 0 aliphatic carbocycles. The van der Waals surface area contributed by atoms with Crippen LogP contribution in [-0.4, -0.2) is 18.0 Å². The number of aryl methyl sites for hydroxylation is 1. The molecule has 132 valence electrons. The fourth-order valence-corrected chi connectivity index (χ4v) is 3.41. The maximum atomic E-state index is 6.25. The SMILES string of the molecule is CCc1nc(CNC(=NC)NC(C)c2ccc(Cl)cc2Cl)cs1.I. The van der Waals surface area contributed by atoms with Gasteiger partial charge < -0.3 is 10.6 Å². The maximum absolute atomic E-state index is 6.25. The lowest BCUT2D eigenvalue weighted by Crippen LogP contribution is -2.38. The topological polar surface area (TPSA) is 49.3 Å². The van der Waals surface area contributed by atoms with Gasteiger partial charge in [-0.3, -0.25) is 4.99 Å². The third-order valence-corrected chi connectivity index (χ3v) is 4.95. The first-order valence-corrected chi connectivity index (χ1v) is 9.02. The smallest absolute Gasteiger partial charge is 0.191 e. The Morgan fingerprint density at radius 1 is 1.38 bits per heavy atom. The van der Waals surface area contributed by atoms with Gasteiger partial charge in [0.1, 0.15) is 0 Å². The van der Waals surface area contributed by atoms with Crippen LogP contribution in [0.5, 0.6) is 0 Å². The van der Waals surface area contributed by atoms with Crippen molar-refractivity contribution in [2.75, 3.05) is 7.05 Å². The van der Waals surface area contributed by atoms with Crippen molar-refractivity contribution < 1.29 is 0 Å². The molecule has 0 spiro atoms. The Kier molecular flexibility index (Phi) is 9.33. The summed E-state index contributed by atoms with van der Waals surface area (Å²) in [6.45, 7) is 4.77. The van der Waals surface area contributed by atoms with Gasteiger partial charge >= 0.3 is 0 Å². The first-order valence-electron chi connectivity index (χ1n) is 7.39. The highest BCUT2D eigenvalue weighted by Crippen LogP contribution is 2.26. The average molecular weight is 499 g/mol. The highest BCUT2D eigenvalue weighted by atomic mass is 127. The summed E-state index contributed by atoms with van der Waals surface area (Å²) >= 11 is 13.9. The summed E-state index contributed by atoms with van der Waals surface area (Å²) in [5, 5.41) is 11.1. The minimum Gasteiger partial charge on any atom is -0.351 e. The molecule has 0 aliphatic heterocycles. The normalized spacial score (nSPS) is 12.5. The maximum Gasteiger partial charge on any atom is 0.191 e. The zero-order chi connectivity index (χ0) is 16.8. The van der Waals surface area contributed by atoms with Crippen LogP contribution in [0.3, 0.4) is 0 Å². The molecule has 4 nitrogen and oxygen atoms in total. The number of nitrogens with zero attached hydrogens (tertiary/aromatic N) is 2. The molecule has 1 heterocycles. The van der Waals surface area contributed by atoms with Crippen molar-refractivity contribution in [2.45, 2.75) is 32.9 Å². The second-order valence-electron chi connectivity index (χ2n) is 5.04. The molecule has 2 aromatic rings. The fourth-order valence-electron chi connectivity index (χ4n) is 2.10. The van der Waals surface area contributed by atoms with Crippen molar-refractivity contribution in [3.63, 3.8) is 0 Å². The van der Waals surface area contributed by atoms with Gasteiger partial charge in [0.15, 0.2) is 5.96 Å². The van der Waals surface area contributed by atoms with Crippen molar-refractivity contribution in [3.8, 4) is 0 Å². The van der Waals surface area contributed by atoms with Crippen molar-refractivity contribution in [3.05, 3.63) is 49.9 Å². The lowest BCUT2D eigenvalue weighted by Gasteiger charge is -2.19. The van der Waals surface area contributed by atoms with Crippen molar-refractivity contribution >= 4 is 64.5 Å². The zero-order valence-electron chi connectivity index (χ0n) is 13.8. The molecule has 2 rings (SSSR count). The number of nitrogens with one attached hydrogen (secondary N) is 2. The van der Waals surface area contributed by atoms with Gasteiger partial charge in [-0.2, -0.15) is 0 Å². The molecular weight excluding hydrogens is 478 g/mol. The minimum atomic E-state index is 0. The van der Waals surface area contributed by atoms with E-state index in [1.807, 2.05) is 19.1 Å². The Morgan fingerprint density at radius 3 is 2.71 bits per heavy atom. The van der Waals surface area contributed by atoms with Gasteiger partial charge in [0.25, 0.3) is 0 Å². The Balaban J connectivity index is 0.00000288. The van der Waals surface area contributed by atoms with Gasteiger partial charge in [-0.05, 0) is 31.0 Å². The van der Waals surface area contributed by atoms with E-state index in [1.165, 1.54) is 0 Å². The molecule has 1 atom stereocenters. The molecule has 0 radical (unpaired) electrons. The van der Waals surface area contributed by atoms with Crippen LogP contribution in [0.25, 0.3) is 0 Å². The van der Waals surface area contributed by atoms with Gasteiger partial charge in [0.05, 0.1) is 23.3 Å². The summed E-state index contributed by atoms with van der Waals surface area (Å²) in [5.74, 6) is 0.703. The third-order valence-electron chi connectivity index (χ3n) is 3.34. The van der Waals surface area contributed by atoms with Crippen LogP contribution in [-0.2, 0) is 13.0 Å². The van der Waals surface area contributed by atoms with Crippen LogP contribution in [0.1, 0.15) is 36.2 Å². The van der Waals surface area contributed by atoms with E-state index in [4.69, 9.17) is 23.2 Å². The zero-order valence-corrected chi connectivity index (χ0v) is 18.4. The molecule has 8 heteroatoms. The van der Waals surface area contributed by atoms with Gasteiger partial charge in [-0.15, -0.1) is 35.3 Å². The molecule has 0 fully saturated rings. The van der Waals surface area contributed by atoms with Crippen LogP contribution in [0.2, 0.25) is 10.0 Å². The van der Waals surface area contributed by atoms with Crippen molar-refractivity contribution in [1.82, 2.24) is 15.6 Å². The predicted molar refractivity (Wildman–Crippen MR) is 115 cm³/mol. The molecule has 0 saturated carbocycles. The summed E-state index contributed by atoms with van der Waals surface area (Å²) < 4.78 is 0. The Hall–Kier alpha value is -0.570. The van der Waals surface area contributed by atoms with Gasteiger partial charge in [-0.1, -0.05) is 36.2 Å². The Morgan fingerprint density at radius 2 is 2.12 bits per heavy atom. The van der Waals surface area contributed by atoms with E-state index in [1.54, 1.807) is 24.5 Å². The van der Waals surface area contributed by atoms with Crippen molar-refractivity contribution in [2.24, 2.45) is 4.99 Å². The van der Waals surface area contributed by atoms with Crippen LogP contribution >= 0.6 is 58.5 Å². The molecule has 24 heavy (non-hydrogen) atoms. The van der Waals surface area contributed by atoms with E-state index in [9.17, 15) is 0 Å². The number of rotatable bonds is 5. The lowest BCUT2D eigenvalue weighted by molar-refractivity contribution is 0.683. The summed E-state index contributed by atoms with van der Waals surface area (Å²) in [4.78, 5) is 8.78. The molecule has 1 unspecified atom stereocenters. The summed E-state index contributed by atoms with van der Waals surface area (Å²) in [6.07, 6.45) is 0.962. The number of guanidine groups is 1. The van der Waals surface area contributed by atoms with Gasteiger partial charge in [0.2, 0.25) is 0 Å². The van der Waals surface area contributed by atoms with E-state index in [2.05, 4.69) is 32.9 Å². The number of hydrogen-bond acceptors (Lipinski definition) is 3. The van der Waals surface area contributed by atoms with E-state index < -0.39 is 0 Å². The monoisotopic (exact) mass is 498 g/mol. The van der Waals surface area contributed by atoms with E-state index in [0.717, 1.165) is 22.7 Å². The third kappa shape index (κ3) is 6.06. The lowest BCUT2D eigenvalue weighted by atomic mass is 10.1. The number of aromatic nitrogens is 1. The fraction of sp³-hybridized carbons (Fsp3) is 0.375. The number of hydrogen-bond donors (Lipinski definition) is 2. The van der Waals surface area contributed by atoms with Crippen LogP contribution in [0.4, 0.5) is 0 Å². The van der Waals surface area contributed by atoms with Gasteiger partial charge in [0, 0.05) is 22.5 Å². The van der Waals surface area contributed by atoms with E-state index in [-0.39, 0.29) is 30.0 Å². The second-order valence-corrected chi connectivity index (χ2v) is 6.83. The summed E-state index contributed by atoms with van der Waals surface area (Å²) in [5.41, 5.74) is 1.99. The molecule has 0 aliphatic rings. The number of benzene rings is 1. The molecule has 0 saturated heterocycles. The summed E-state index contributed by atoms with van der Waals surface area (Å²) in [6, 6.07) is 5.50. The minimum absolute atomic E-state index is 0. The number of halogens is 3. The molecule has 1 aromatic carbocycles. The van der Waals surface area contributed by atoms with E-state index >= 15 is 0 Å². The average Bonchev–Trinajstić information content (AvgIpc) is 2.99. The first-order chi connectivity index (χ1) is 11.0. The van der Waals surface area contributed by atoms with Crippen LogP contribution in [0.15, 0.2) is 28.6 Å². The molecular formula is C16H21Cl2IN4S. The second kappa shape index (κ2) is 10.4. The highest BCUT2D eigenvalue weighted by molar-refractivity contribution is 14.0.